The first-order chi connectivity index (χ1) is 11.1. The predicted octanol–water partition coefficient (Wildman–Crippen LogP) is 3.57. The topological polar surface area (TPSA) is 61.7 Å². The first-order valence-corrected chi connectivity index (χ1v) is 8.78. The monoisotopic (exact) mass is 312 g/mol. The van der Waals surface area contributed by atoms with E-state index in [4.69, 9.17) is 0 Å². The molecular formula is C19H24N2O2. The van der Waals surface area contributed by atoms with Crippen LogP contribution in [0.3, 0.4) is 0 Å². The first kappa shape index (κ1) is 14.7. The van der Waals surface area contributed by atoms with Crippen molar-refractivity contribution in [2.24, 2.45) is 34.7 Å². The van der Waals surface area contributed by atoms with Gasteiger partial charge in [-0.05, 0) is 73.8 Å². The summed E-state index contributed by atoms with van der Waals surface area (Å²) in [6, 6.07) is 6.58. The van der Waals surface area contributed by atoms with E-state index in [0.29, 0.717) is 5.92 Å². The molecule has 4 heteroatoms. The van der Waals surface area contributed by atoms with Crippen molar-refractivity contribution in [1.82, 2.24) is 5.43 Å². The number of hydrogen-bond donors (Lipinski definition) is 2. The number of para-hydroxylation sites is 1. The van der Waals surface area contributed by atoms with Crippen LogP contribution in [0.15, 0.2) is 29.4 Å². The number of benzene rings is 1. The number of hydrogen-bond acceptors (Lipinski definition) is 3. The molecule has 2 bridgehead atoms. The Labute approximate surface area is 137 Å². The maximum absolute atomic E-state index is 12.2. The zero-order valence-electron chi connectivity index (χ0n) is 13.5. The van der Waals surface area contributed by atoms with Gasteiger partial charge in [-0.2, -0.15) is 5.10 Å². The third-order valence-electron chi connectivity index (χ3n) is 6.36. The van der Waals surface area contributed by atoms with Gasteiger partial charge >= 0.3 is 0 Å². The molecule has 23 heavy (non-hydrogen) atoms. The van der Waals surface area contributed by atoms with Crippen LogP contribution in [0, 0.1) is 29.6 Å². The first-order valence-electron chi connectivity index (χ1n) is 8.78. The predicted molar refractivity (Wildman–Crippen MR) is 89.2 cm³/mol. The van der Waals surface area contributed by atoms with Crippen molar-refractivity contribution in [2.75, 3.05) is 0 Å². The summed E-state index contributed by atoms with van der Waals surface area (Å²) in [6.07, 6.45) is 6.48. The number of phenolic OH excluding ortho intramolecular Hbond substituents is 1. The number of nitrogens with zero attached hydrogens (tertiary/aromatic N) is 1. The van der Waals surface area contributed by atoms with E-state index < -0.39 is 0 Å². The van der Waals surface area contributed by atoms with Crippen LogP contribution < -0.4 is 5.43 Å². The average molecular weight is 312 g/mol. The second-order valence-corrected chi connectivity index (χ2v) is 7.56. The molecule has 3 fully saturated rings. The van der Waals surface area contributed by atoms with Crippen molar-refractivity contribution in [3.05, 3.63) is 29.8 Å². The van der Waals surface area contributed by atoms with E-state index in [1.807, 2.05) is 0 Å². The third-order valence-corrected chi connectivity index (χ3v) is 6.36. The summed E-state index contributed by atoms with van der Waals surface area (Å²) in [7, 11) is 0. The van der Waals surface area contributed by atoms with Gasteiger partial charge in [-0.15, -0.1) is 0 Å². The molecule has 0 unspecified atom stereocenters. The van der Waals surface area contributed by atoms with Gasteiger partial charge in [-0.25, -0.2) is 5.43 Å². The summed E-state index contributed by atoms with van der Waals surface area (Å²) >= 11 is 0. The van der Waals surface area contributed by atoms with Gasteiger partial charge in [0.15, 0.2) is 0 Å². The molecule has 1 aromatic carbocycles. The van der Waals surface area contributed by atoms with Crippen LogP contribution in [0.4, 0.5) is 0 Å². The van der Waals surface area contributed by atoms with E-state index in [0.717, 1.165) is 35.8 Å². The van der Waals surface area contributed by atoms with Gasteiger partial charge in [0, 0.05) is 5.71 Å². The highest BCUT2D eigenvalue weighted by Gasteiger charge is 2.50. The minimum absolute atomic E-state index is 0.00457. The Morgan fingerprint density at radius 1 is 1.17 bits per heavy atom. The normalized spacial score (nSPS) is 36.9. The van der Waals surface area contributed by atoms with Gasteiger partial charge in [-0.1, -0.05) is 19.1 Å². The van der Waals surface area contributed by atoms with Gasteiger partial charge in [-0.3, -0.25) is 4.79 Å². The van der Waals surface area contributed by atoms with E-state index >= 15 is 0 Å². The van der Waals surface area contributed by atoms with Crippen molar-refractivity contribution in [3.63, 3.8) is 0 Å². The van der Waals surface area contributed by atoms with Crippen LogP contribution in [0.5, 0.6) is 5.75 Å². The summed E-state index contributed by atoms with van der Waals surface area (Å²) in [4.78, 5) is 12.2. The van der Waals surface area contributed by atoms with Crippen LogP contribution in [-0.2, 0) is 0 Å². The van der Waals surface area contributed by atoms with Crippen molar-refractivity contribution in [1.29, 1.82) is 0 Å². The highest BCUT2D eigenvalue weighted by atomic mass is 16.3. The fourth-order valence-corrected chi connectivity index (χ4v) is 5.21. The van der Waals surface area contributed by atoms with E-state index in [-0.39, 0.29) is 17.2 Å². The number of carbonyl (C=O) groups excluding carboxylic acids is 1. The van der Waals surface area contributed by atoms with Crippen molar-refractivity contribution in [2.45, 2.75) is 39.0 Å². The van der Waals surface area contributed by atoms with Crippen LogP contribution in [0.25, 0.3) is 0 Å². The van der Waals surface area contributed by atoms with E-state index in [9.17, 15) is 9.90 Å². The standard InChI is InChI=1S/C19H24N2O2/c1-11-8-15-12-6-7-13(9-12)16(15)10-17(11)20-21-19(23)14-4-2-3-5-18(14)22/h2-5,11-13,15-16,22H,6-10H2,1H3,(H,21,23)/b20-17+/t11-,12-,13+,15-,16+/m1/s1. The van der Waals surface area contributed by atoms with Crippen LogP contribution in [-0.4, -0.2) is 16.7 Å². The number of fused-ring (bicyclic) bond motifs is 5. The maximum atomic E-state index is 12.2. The molecule has 4 nitrogen and oxygen atoms in total. The molecule has 0 saturated heterocycles. The zero-order valence-corrected chi connectivity index (χ0v) is 13.5. The highest BCUT2D eigenvalue weighted by molar-refractivity contribution is 5.98. The fraction of sp³-hybridized carbons (Fsp3) is 0.579. The number of hydrazone groups is 1. The number of amides is 1. The summed E-state index contributed by atoms with van der Waals surface area (Å²) < 4.78 is 0. The fourth-order valence-electron chi connectivity index (χ4n) is 5.21. The molecule has 5 atom stereocenters. The summed E-state index contributed by atoms with van der Waals surface area (Å²) in [6.45, 7) is 2.23. The number of rotatable bonds is 2. The molecule has 3 saturated carbocycles. The second-order valence-electron chi connectivity index (χ2n) is 7.56. The Kier molecular flexibility index (Phi) is 3.63. The van der Waals surface area contributed by atoms with E-state index in [2.05, 4.69) is 17.5 Å². The Balaban J connectivity index is 1.46. The Morgan fingerprint density at radius 2 is 1.91 bits per heavy atom. The molecule has 1 amide bonds. The SMILES string of the molecule is C[C@@H]1C[C@@H]2[C@@H]3CC[C@@H](C3)[C@@H]2C/C1=N\NC(=O)c1ccccc1O. The molecule has 1 aromatic rings. The van der Waals surface area contributed by atoms with Crippen molar-refractivity contribution in [3.8, 4) is 5.75 Å². The summed E-state index contributed by atoms with van der Waals surface area (Å²) in [5.41, 5.74) is 4.06. The van der Waals surface area contributed by atoms with Gasteiger partial charge in [0.05, 0.1) is 5.56 Å². The molecule has 4 rings (SSSR count). The summed E-state index contributed by atoms with van der Waals surface area (Å²) in [5, 5.41) is 14.2. The Hall–Kier alpha value is -1.84. The lowest BCUT2D eigenvalue weighted by atomic mass is 9.67. The average Bonchev–Trinajstić information content (AvgIpc) is 3.14. The van der Waals surface area contributed by atoms with Gasteiger partial charge < -0.3 is 5.11 Å². The summed E-state index contributed by atoms with van der Waals surface area (Å²) in [5.74, 6) is 3.61. The van der Waals surface area contributed by atoms with Gasteiger partial charge in [0.2, 0.25) is 0 Å². The van der Waals surface area contributed by atoms with Crippen LogP contribution in [0.1, 0.15) is 49.4 Å². The lowest BCUT2D eigenvalue weighted by Gasteiger charge is -2.38. The zero-order chi connectivity index (χ0) is 16.0. The van der Waals surface area contributed by atoms with Crippen molar-refractivity contribution >= 4 is 11.6 Å². The number of aromatic hydroxyl groups is 1. The lowest BCUT2D eigenvalue weighted by Crippen LogP contribution is -2.36. The third kappa shape index (κ3) is 2.54. The molecular weight excluding hydrogens is 288 g/mol. The van der Waals surface area contributed by atoms with Crippen LogP contribution in [0.2, 0.25) is 0 Å². The van der Waals surface area contributed by atoms with Crippen molar-refractivity contribution < 1.29 is 9.90 Å². The molecule has 0 heterocycles. The molecule has 122 valence electrons. The molecule has 2 N–H and O–H groups in total. The Bertz CT molecular complexity index is 655. The molecule has 0 radical (unpaired) electrons. The van der Waals surface area contributed by atoms with Gasteiger partial charge in [0.1, 0.15) is 5.75 Å². The Morgan fingerprint density at radius 3 is 2.70 bits per heavy atom. The number of phenols is 1. The minimum Gasteiger partial charge on any atom is -0.507 e. The van der Waals surface area contributed by atoms with Gasteiger partial charge in [0.25, 0.3) is 5.91 Å². The molecule has 0 spiro atoms. The molecule has 3 aliphatic rings. The van der Waals surface area contributed by atoms with E-state index in [1.165, 1.54) is 31.7 Å². The highest BCUT2D eigenvalue weighted by Crippen LogP contribution is 2.57. The molecule has 0 aliphatic heterocycles. The largest absolute Gasteiger partial charge is 0.507 e. The van der Waals surface area contributed by atoms with Crippen LogP contribution >= 0.6 is 0 Å². The second kappa shape index (κ2) is 5.66. The van der Waals surface area contributed by atoms with E-state index in [1.54, 1.807) is 18.2 Å². The smallest absolute Gasteiger partial charge is 0.275 e. The molecule has 0 aromatic heterocycles. The number of carbonyl (C=O) groups is 1. The minimum atomic E-state index is -0.335. The lowest BCUT2D eigenvalue weighted by molar-refractivity contribution is 0.0951. The number of nitrogens with one attached hydrogen (secondary N) is 1. The maximum Gasteiger partial charge on any atom is 0.275 e. The quantitative estimate of drug-likeness (QED) is 0.820. The molecule has 3 aliphatic carbocycles.